The predicted octanol–water partition coefficient (Wildman–Crippen LogP) is 5.23. The van der Waals surface area contributed by atoms with Crippen LogP contribution in [0.4, 0.5) is 4.79 Å². The number of guanidine groups is 1. The number of ether oxygens (including phenoxy) is 2. The first kappa shape index (κ1) is 38.7. The first-order chi connectivity index (χ1) is 21.8. The summed E-state index contributed by atoms with van der Waals surface area (Å²) < 4.78 is 11.3. The van der Waals surface area contributed by atoms with E-state index in [1.165, 1.54) is 0 Å². The van der Waals surface area contributed by atoms with Gasteiger partial charge in [-0.2, -0.15) is 13.5 Å². The van der Waals surface area contributed by atoms with Crippen molar-refractivity contribution in [2.45, 2.75) is 65.1 Å². The summed E-state index contributed by atoms with van der Waals surface area (Å²) in [6.45, 7) is 4.56. The van der Waals surface area contributed by atoms with Crippen molar-refractivity contribution in [3.8, 4) is 11.1 Å². The molecule has 11 heteroatoms. The van der Waals surface area contributed by atoms with Crippen molar-refractivity contribution >= 4 is 37.4 Å². The maximum atomic E-state index is 13.6. The Bertz CT molecular complexity index is 1440. The van der Waals surface area contributed by atoms with E-state index in [4.69, 9.17) is 15.2 Å². The zero-order valence-corrected chi connectivity index (χ0v) is 27.6. The van der Waals surface area contributed by atoms with E-state index in [0.717, 1.165) is 27.8 Å². The van der Waals surface area contributed by atoms with Crippen LogP contribution in [0.2, 0.25) is 0 Å². The molecular weight excluding hydrogens is 614 g/mol. The van der Waals surface area contributed by atoms with Gasteiger partial charge in [0.05, 0.1) is 0 Å². The molecule has 0 saturated heterocycles. The molecule has 2 amide bonds. The van der Waals surface area contributed by atoms with Crippen LogP contribution in [-0.4, -0.2) is 56.2 Å². The smallest absolute Gasteiger partial charge is 0.407 e. The van der Waals surface area contributed by atoms with E-state index in [2.05, 4.69) is 33.1 Å². The number of esters is 1. The van der Waals surface area contributed by atoms with Crippen LogP contribution in [0.15, 0.2) is 83.9 Å². The van der Waals surface area contributed by atoms with Crippen LogP contribution >= 0.6 is 13.5 Å². The molecule has 0 bridgehead atoms. The van der Waals surface area contributed by atoms with Crippen LogP contribution in [0, 0.1) is 5.92 Å². The third kappa shape index (κ3) is 11.1. The molecule has 0 unspecified atom stereocenters. The molecule has 47 heavy (non-hydrogen) atoms. The fraction of sp³-hybridized carbons (Fsp3) is 0.389. The second-order valence-corrected chi connectivity index (χ2v) is 11.5. The van der Waals surface area contributed by atoms with Crippen molar-refractivity contribution in [1.29, 1.82) is 0 Å². The second kappa shape index (κ2) is 19.2. The van der Waals surface area contributed by atoms with Crippen LogP contribution in [0.25, 0.3) is 11.1 Å². The average molecular weight is 664 g/mol. The first-order valence-corrected chi connectivity index (χ1v) is 15.3. The highest BCUT2D eigenvalue weighted by Gasteiger charge is 2.31. The van der Waals surface area contributed by atoms with E-state index in [0.29, 0.717) is 19.4 Å². The SMILES string of the molecule is C.CN=C(N)NCCC[C@@H](NC(=O)OCC1c2ccccc2-c2ccccc21)C(=O)N[C@@H](CC(C)C)C(=O)OCc1ccccc1.S. The number of alkyl carbamates (subject to hydrolysis) is 1. The van der Waals surface area contributed by atoms with E-state index < -0.39 is 30.1 Å². The lowest BCUT2D eigenvalue weighted by Crippen LogP contribution is -2.52. The number of amides is 2. The van der Waals surface area contributed by atoms with Gasteiger partial charge >= 0.3 is 12.1 Å². The van der Waals surface area contributed by atoms with Crippen molar-refractivity contribution in [3.05, 3.63) is 95.6 Å². The number of nitrogens with zero attached hydrogens (tertiary/aromatic N) is 1. The van der Waals surface area contributed by atoms with Crippen LogP contribution < -0.4 is 21.7 Å². The number of carbonyl (C=O) groups is 3. The molecule has 0 fully saturated rings. The molecule has 0 aliphatic heterocycles. The van der Waals surface area contributed by atoms with E-state index >= 15 is 0 Å². The van der Waals surface area contributed by atoms with Gasteiger partial charge in [-0.25, -0.2) is 9.59 Å². The number of carbonyl (C=O) groups excluding carboxylic acids is 3. The zero-order valence-electron chi connectivity index (χ0n) is 26.6. The van der Waals surface area contributed by atoms with Crippen LogP contribution in [-0.2, 0) is 25.7 Å². The molecule has 0 spiro atoms. The molecule has 3 aromatic rings. The van der Waals surface area contributed by atoms with Gasteiger partial charge in [0, 0.05) is 19.5 Å². The lowest BCUT2D eigenvalue weighted by molar-refractivity contribution is -0.149. The van der Waals surface area contributed by atoms with Crippen molar-refractivity contribution in [3.63, 3.8) is 0 Å². The number of nitrogens with one attached hydrogen (secondary N) is 3. The largest absolute Gasteiger partial charge is 0.459 e. The third-order valence-electron chi connectivity index (χ3n) is 7.70. The highest BCUT2D eigenvalue weighted by molar-refractivity contribution is 7.59. The van der Waals surface area contributed by atoms with Crippen LogP contribution in [0.3, 0.4) is 0 Å². The summed E-state index contributed by atoms with van der Waals surface area (Å²) in [5, 5.41) is 8.51. The normalized spacial score (nSPS) is 13.1. The molecule has 0 radical (unpaired) electrons. The first-order valence-electron chi connectivity index (χ1n) is 15.3. The molecule has 254 valence electrons. The molecular formula is C36H49N5O5S. The molecule has 4 rings (SSSR count). The highest BCUT2D eigenvalue weighted by atomic mass is 32.1. The summed E-state index contributed by atoms with van der Waals surface area (Å²) in [6.07, 6.45) is 0.424. The van der Waals surface area contributed by atoms with E-state index in [-0.39, 0.29) is 58.4 Å². The van der Waals surface area contributed by atoms with E-state index in [1.807, 2.05) is 80.6 Å². The van der Waals surface area contributed by atoms with Gasteiger partial charge in [-0.1, -0.05) is 100 Å². The highest BCUT2D eigenvalue weighted by Crippen LogP contribution is 2.44. The van der Waals surface area contributed by atoms with E-state index in [9.17, 15) is 14.4 Å². The van der Waals surface area contributed by atoms with Gasteiger partial charge < -0.3 is 31.2 Å². The van der Waals surface area contributed by atoms with Crippen molar-refractivity contribution in [2.75, 3.05) is 20.2 Å². The lowest BCUT2D eigenvalue weighted by atomic mass is 9.98. The number of aliphatic imine (C=N–C) groups is 1. The Labute approximate surface area is 285 Å². The Morgan fingerprint density at radius 3 is 2.04 bits per heavy atom. The summed E-state index contributed by atoms with van der Waals surface area (Å²) >= 11 is 0. The summed E-state index contributed by atoms with van der Waals surface area (Å²) in [5.74, 6) is -0.768. The summed E-state index contributed by atoms with van der Waals surface area (Å²) in [4.78, 5) is 43.6. The van der Waals surface area contributed by atoms with Crippen LogP contribution in [0.1, 0.15) is 63.1 Å². The van der Waals surface area contributed by atoms with Crippen molar-refractivity contribution in [2.24, 2.45) is 16.6 Å². The van der Waals surface area contributed by atoms with Gasteiger partial charge in [0.25, 0.3) is 0 Å². The van der Waals surface area contributed by atoms with Gasteiger partial charge in [-0.3, -0.25) is 9.79 Å². The molecule has 0 aromatic heterocycles. The maximum absolute atomic E-state index is 13.6. The fourth-order valence-electron chi connectivity index (χ4n) is 5.44. The summed E-state index contributed by atoms with van der Waals surface area (Å²) in [5.41, 5.74) is 11.0. The molecule has 5 N–H and O–H groups in total. The quantitative estimate of drug-likeness (QED) is 0.0800. The minimum absolute atomic E-state index is 0. The third-order valence-corrected chi connectivity index (χ3v) is 7.70. The van der Waals surface area contributed by atoms with Gasteiger partial charge in [0.2, 0.25) is 5.91 Å². The summed E-state index contributed by atoms with van der Waals surface area (Å²) in [6, 6.07) is 23.7. The Morgan fingerprint density at radius 1 is 0.851 bits per heavy atom. The number of nitrogens with two attached hydrogens (primary N) is 1. The summed E-state index contributed by atoms with van der Waals surface area (Å²) in [7, 11) is 1.57. The topological polar surface area (TPSA) is 144 Å². The number of hydrogen-bond donors (Lipinski definition) is 4. The number of benzene rings is 3. The molecule has 1 aliphatic carbocycles. The molecule has 0 heterocycles. The Kier molecular flexibility index (Phi) is 15.8. The Balaban J connectivity index is 0.00000384. The van der Waals surface area contributed by atoms with Crippen LogP contribution in [0.5, 0.6) is 0 Å². The lowest BCUT2D eigenvalue weighted by Gasteiger charge is -2.24. The van der Waals surface area contributed by atoms with Crippen molar-refractivity contribution in [1.82, 2.24) is 16.0 Å². The average Bonchev–Trinajstić information content (AvgIpc) is 3.37. The monoisotopic (exact) mass is 663 g/mol. The minimum atomic E-state index is -0.959. The van der Waals surface area contributed by atoms with Gasteiger partial charge in [0.1, 0.15) is 25.3 Å². The molecule has 10 nitrogen and oxygen atoms in total. The standard InChI is InChI=1S/C35H43N5O5.CH4.H2S/c1-23(2)20-31(33(42)44-21-24-12-5-4-6-13-24)39-32(41)30(18-11-19-38-34(36)37-3)40-35(43)45-22-29-27-16-9-7-14-25(27)26-15-8-10-17-28(26)29;;/h4-10,12-17,23,29-31H,11,18-22H2,1-3H3,(H,39,41)(H,40,43)(H3,36,37,38);1H4;1H2/t30-,31+;;/m1../s1. The van der Waals surface area contributed by atoms with E-state index in [1.54, 1.807) is 7.05 Å². The molecule has 2 atom stereocenters. The van der Waals surface area contributed by atoms with Gasteiger partial charge in [-0.15, -0.1) is 0 Å². The van der Waals surface area contributed by atoms with Crippen molar-refractivity contribution < 1.29 is 23.9 Å². The maximum Gasteiger partial charge on any atom is 0.407 e. The molecule has 1 aliphatic rings. The predicted molar refractivity (Wildman–Crippen MR) is 192 cm³/mol. The Morgan fingerprint density at radius 2 is 1.45 bits per heavy atom. The zero-order chi connectivity index (χ0) is 32.2. The number of rotatable bonds is 14. The molecule has 3 aromatic carbocycles. The number of fused-ring (bicyclic) bond motifs is 3. The fourth-order valence-corrected chi connectivity index (χ4v) is 5.44. The minimum Gasteiger partial charge on any atom is -0.459 e. The second-order valence-electron chi connectivity index (χ2n) is 11.5. The Hall–Kier alpha value is -4.51. The molecule has 0 saturated carbocycles. The van der Waals surface area contributed by atoms with Gasteiger partial charge in [-0.05, 0) is 53.0 Å². The van der Waals surface area contributed by atoms with Gasteiger partial charge in [0.15, 0.2) is 5.96 Å². The number of hydrogen-bond acceptors (Lipinski definition) is 6.